The Bertz CT molecular complexity index is 714. The number of hydrogen-bond donors (Lipinski definition) is 0. The highest BCUT2D eigenvalue weighted by Gasteiger charge is 2.37. The van der Waals surface area contributed by atoms with Crippen molar-refractivity contribution in [1.29, 1.82) is 0 Å². The van der Waals surface area contributed by atoms with Gasteiger partial charge in [-0.2, -0.15) is 0 Å². The molecule has 1 aliphatic rings. The van der Waals surface area contributed by atoms with Crippen molar-refractivity contribution >= 4 is 13.9 Å². The number of benzene rings is 1. The topological polar surface area (TPSA) is 9.23 Å². The van der Waals surface area contributed by atoms with Crippen molar-refractivity contribution in [3.05, 3.63) is 64.8 Å². The zero-order valence-corrected chi connectivity index (χ0v) is 18.1. The Hall–Kier alpha value is -1.38. The van der Waals surface area contributed by atoms with E-state index in [1.54, 1.807) is 0 Å². The molecule has 0 fully saturated rings. The lowest BCUT2D eigenvalue weighted by Gasteiger charge is -2.36. The van der Waals surface area contributed by atoms with Gasteiger partial charge in [-0.25, -0.2) is 0 Å². The Balaban J connectivity index is 2.37. The lowest BCUT2D eigenvalue weighted by molar-refractivity contribution is 0.276. The summed E-state index contributed by atoms with van der Waals surface area (Å²) in [6.45, 7) is 20.8. The molecule has 0 aliphatic heterocycles. The second-order valence-corrected chi connectivity index (χ2v) is 13.7. The van der Waals surface area contributed by atoms with Gasteiger partial charge in [-0.15, -0.1) is 0 Å². The first kappa shape index (κ1) is 19.9. The van der Waals surface area contributed by atoms with Gasteiger partial charge in [-0.05, 0) is 67.1 Å². The Morgan fingerprint density at radius 3 is 2.44 bits per heavy atom. The molecule has 0 saturated heterocycles. The van der Waals surface area contributed by atoms with E-state index in [-0.39, 0.29) is 5.04 Å². The van der Waals surface area contributed by atoms with Gasteiger partial charge in [0.1, 0.15) is 0 Å². The fourth-order valence-electron chi connectivity index (χ4n) is 2.96. The SMILES string of the molecule is C=C(C)C1=C(c2ccccc2CO[Si](C)(C)C(C)(C)C)CC(C)=CC1. The summed E-state index contributed by atoms with van der Waals surface area (Å²) in [7, 11) is -1.76. The van der Waals surface area contributed by atoms with Crippen molar-refractivity contribution in [1.82, 2.24) is 0 Å². The Kier molecular flexibility index (Phi) is 5.96. The zero-order valence-electron chi connectivity index (χ0n) is 17.1. The lowest BCUT2D eigenvalue weighted by Crippen LogP contribution is -2.40. The predicted octanol–water partition coefficient (Wildman–Crippen LogP) is 7.28. The fourth-order valence-corrected chi connectivity index (χ4v) is 3.91. The maximum absolute atomic E-state index is 6.51. The van der Waals surface area contributed by atoms with Crippen molar-refractivity contribution in [3.63, 3.8) is 0 Å². The molecule has 0 N–H and O–H groups in total. The molecule has 0 heterocycles. The molecule has 136 valence electrons. The second kappa shape index (κ2) is 7.47. The van der Waals surface area contributed by atoms with Crippen LogP contribution >= 0.6 is 0 Å². The second-order valence-electron chi connectivity index (χ2n) is 8.87. The molecule has 2 heteroatoms. The van der Waals surface area contributed by atoms with E-state index in [2.05, 4.69) is 84.6 Å². The van der Waals surface area contributed by atoms with Crippen LogP contribution in [0.5, 0.6) is 0 Å². The standard InChI is InChI=1S/C23H34OSi/c1-17(2)20-14-13-18(3)15-22(20)21-12-10-9-11-19(21)16-24-25(7,8)23(4,5)6/h9-13H,1,14-16H2,2-8H3. The third kappa shape index (κ3) is 4.62. The highest BCUT2D eigenvalue weighted by atomic mass is 28.4. The van der Waals surface area contributed by atoms with Crippen molar-refractivity contribution in [3.8, 4) is 0 Å². The van der Waals surface area contributed by atoms with Gasteiger partial charge in [0.15, 0.2) is 8.32 Å². The van der Waals surface area contributed by atoms with Crippen LogP contribution in [-0.4, -0.2) is 8.32 Å². The molecule has 0 amide bonds. The summed E-state index contributed by atoms with van der Waals surface area (Å²) in [5, 5.41) is 0.230. The maximum atomic E-state index is 6.51. The van der Waals surface area contributed by atoms with Crippen molar-refractivity contribution in [2.45, 2.75) is 72.2 Å². The molecule has 0 saturated carbocycles. The summed E-state index contributed by atoms with van der Waals surface area (Å²) >= 11 is 0. The minimum Gasteiger partial charge on any atom is -0.413 e. The number of rotatable bonds is 5. The van der Waals surface area contributed by atoms with Crippen LogP contribution in [-0.2, 0) is 11.0 Å². The molecular weight excluding hydrogens is 320 g/mol. The van der Waals surface area contributed by atoms with E-state index in [9.17, 15) is 0 Å². The van der Waals surface area contributed by atoms with Crippen molar-refractivity contribution < 1.29 is 4.43 Å². The molecule has 0 unspecified atom stereocenters. The van der Waals surface area contributed by atoms with Crippen LogP contribution in [0.25, 0.3) is 5.57 Å². The van der Waals surface area contributed by atoms with E-state index in [0.29, 0.717) is 6.61 Å². The van der Waals surface area contributed by atoms with Gasteiger partial charge < -0.3 is 4.43 Å². The van der Waals surface area contributed by atoms with Crippen molar-refractivity contribution in [2.75, 3.05) is 0 Å². The summed E-state index contributed by atoms with van der Waals surface area (Å²) in [5.41, 5.74) is 8.09. The van der Waals surface area contributed by atoms with E-state index in [4.69, 9.17) is 4.43 Å². The summed E-state index contributed by atoms with van der Waals surface area (Å²) in [4.78, 5) is 0. The average Bonchev–Trinajstić information content (AvgIpc) is 2.52. The quantitative estimate of drug-likeness (QED) is 0.399. The molecule has 2 rings (SSSR count). The van der Waals surface area contributed by atoms with Crippen LogP contribution in [0.3, 0.4) is 0 Å². The number of hydrogen-bond acceptors (Lipinski definition) is 1. The van der Waals surface area contributed by atoms with Gasteiger partial charge in [0, 0.05) is 0 Å². The smallest absolute Gasteiger partial charge is 0.192 e. The normalized spacial score (nSPS) is 16.0. The lowest BCUT2D eigenvalue weighted by atomic mass is 9.83. The van der Waals surface area contributed by atoms with E-state index >= 15 is 0 Å². The van der Waals surface area contributed by atoms with E-state index in [1.807, 2.05) is 0 Å². The fraction of sp³-hybridized carbons (Fsp3) is 0.478. The molecule has 1 aromatic rings. The van der Waals surface area contributed by atoms with Crippen molar-refractivity contribution in [2.24, 2.45) is 0 Å². The van der Waals surface area contributed by atoms with Gasteiger partial charge in [-0.3, -0.25) is 0 Å². The summed E-state index contributed by atoms with van der Waals surface area (Å²) in [6, 6.07) is 8.74. The summed E-state index contributed by atoms with van der Waals surface area (Å²) in [6.07, 6.45) is 4.34. The minimum atomic E-state index is -1.76. The van der Waals surface area contributed by atoms with Gasteiger partial charge in [0.25, 0.3) is 0 Å². The van der Waals surface area contributed by atoms with Gasteiger partial charge >= 0.3 is 0 Å². The van der Waals surface area contributed by atoms with Crippen LogP contribution in [0.15, 0.2) is 53.6 Å². The Morgan fingerprint density at radius 1 is 1.20 bits per heavy atom. The van der Waals surface area contributed by atoms with Gasteiger partial charge in [0.2, 0.25) is 0 Å². The molecule has 1 nitrogen and oxygen atoms in total. The van der Waals surface area contributed by atoms with Crippen LogP contribution in [0, 0.1) is 0 Å². The molecule has 0 atom stereocenters. The molecule has 0 bridgehead atoms. The van der Waals surface area contributed by atoms with Gasteiger partial charge in [-0.1, -0.05) is 68.8 Å². The van der Waals surface area contributed by atoms with E-state index in [0.717, 1.165) is 12.8 Å². The highest BCUT2D eigenvalue weighted by molar-refractivity contribution is 6.74. The average molecular weight is 355 g/mol. The van der Waals surface area contributed by atoms with E-state index < -0.39 is 8.32 Å². The Labute approximate surface area is 155 Å². The van der Waals surface area contributed by atoms with Crippen LogP contribution in [0.2, 0.25) is 18.1 Å². The summed E-state index contributed by atoms with van der Waals surface area (Å²) in [5.74, 6) is 0. The van der Waals surface area contributed by atoms with Crippen LogP contribution < -0.4 is 0 Å². The largest absolute Gasteiger partial charge is 0.413 e. The summed E-state index contributed by atoms with van der Waals surface area (Å²) < 4.78 is 6.51. The number of allylic oxidation sites excluding steroid dienone is 5. The monoisotopic (exact) mass is 354 g/mol. The first-order valence-electron chi connectivity index (χ1n) is 9.28. The third-order valence-corrected chi connectivity index (χ3v) is 10.2. The predicted molar refractivity (Wildman–Crippen MR) is 113 cm³/mol. The molecule has 25 heavy (non-hydrogen) atoms. The Morgan fingerprint density at radius 2 is 1.84 bits per heavy atom. The molecular formula is C23H34OSi. The van der Waals surface area contributed by atoms with Crippen LogP contribution in [0.4, 0.5) is 0 Å². The molecule has 1 aliphatic carbocycles. The first-order valence-corrected chi connectivity index (χ1v) is 12.2. The minimum absolute atomic E-state index is 0.230. The third-order valence-electron chi connectivity index (χ3n) is 5.73. The molecule has 0 aromatic heterocycles. The zero-order chi connectivity index (χ0) is 18.8. The van der Waals surface area contributed by atoms with Gasteiger partial charge in [0.05, 0.1) is 6.61 Å². The van der Waals surface area contributed by atoms with Crippen LogP contribution in [0.1, 0.15) is 58.6 Å². The maximum Gasteiger partial charge on any atom is 0.192 e. The van der Waals surface area contributed by atoms with E-state index in [1.165, 1.54) is 33.4 Å². The molecule has 0 spiro atoms. The molecule has 0 radical (unpaired) electrons. The highest BCUT2D eigenvalue weighted by Crippen LogP contribution is 2.39. The molecule has 1 aromatic carbocycles. The first-order chi connectivity index (χ1) is 11.5.